The lowest BCUT2D eigenvalue weighted by Gasteiger charge is -2.22. The van der Waals surface area contributed by atoms with Crippen molar-refractivity contribution in [2.45, 2.75) is 56.8 Å². The molecule has 0 amide bonds. The average molecular weight is 412 g/mol. The van der Waals surface area contributed by atoms with Crippen LogP contribution >= 0.6 is 0 Å². The van der Waals surface area contributed by atoms with E-state index < -0.39 is 10.0 Å². The predicted octanol–water partition coefficient (Wildman–Crippen LogP) is 4.13. The highest BCUT2D eigenvalue weighted by molar-refractivity contribution is 7.92. The zero-order valence-electron chi connectivity index (χ0n) is 16.7. The highest BCUT2D eigenvalue weighted by atomic mass is 32.2. The summed E-state index contributed by atoms with van der Waals surface area (Å²) in [6.07, 6.45) is 6.18. The van der Waals surface area contributed by atoms with Gasteiger partial charge in [-0.05, 0) is 78.4 Å². The Hall–Kier alpha value is -2.74. The number of nitrogens with zero attached hydrogens (tertiary/aromatic N) is 4. The van der Waals surface area contributed by atoms with Crippen molar-refractivity contribution in [1.29, 1.82) is 0 Å². The van der Waals surface area contributed by atoms with Crippen molar-refractivity contribution < 1.29 is 8.42 Å². The fourth-order valence-electron chi connectivity index (χ4n) is 3.92. The first-order chi connectivity index (χ1) is 13.9. The Kier molecular flexibility index (Phi) is 5.36. The first-order valence-electron chi connectivity index (χ1n) is 9.93. The third-order valence-electron chi connectivity index (χ3n) is 5.58. The largest absolute Gasteiger partial charge is 0.280 e. The molecule has 4 rings (SSSR count). The molecule has 0 saturated heterocycles. The third kappa shape index (κ3) is 4.17. The Morgan fingerprint density at radius 3 is 2.38 bits per heavy atom. The highest BCUT2D eigenvalue weighted by Crippen LogP contribution is 2.33. The summed E-state index contributed by atoms with van der Waals surface area (Å²) in [6.45, 7) is 3.73. The lowest BCUT2D eigenvalue weighted by molar-refractivity contribution is 0.443. The minimum Gasteiger partial charge on any atom is -0.280 e. The Labute approximate surface area is 171 Å². The molecule has 152 valence electrons. The van der Waals surface area contributed by atoms with E-state index >= 15 is 0 Å². The van der Waals surface area contributed by atoms with Gasteiger partial charge in [-0.1, -0.05) is 37.5 Å². The van der Waals surface area contributed by atoms with Crippen LogP contribution in [0.3, 0.4) is 0 Å². The maximum Gasteiger partial charge on any atom is 0.261 e. The monoisotopic (exact) mass is 411 g/mol. The topological polar surface area (TPSA) is 89.8 Å². The van der Waals surface area contributed by atoms with E-state index in [1.807, 2.05) is 25.1 Å². The smallest absolute Gasteiger partial charge is 0.261 e. The van der Waals surface area contributed by atoms with Gasteiger partial charge in [-0.25, -0.2) is 8.42 Å². The number of benzene rings is 2. The van der Waals surface area contributed by atoms with Crippen molar-refractivity contribution in [1.82, 2.24) is 20.2 Å². The summed E-state index contributed by atoms with van der Waals surface area (Å²) in [4.78, 5) is 0.262. The van der Waals surface area contributed by atoms with Gasteiger partial charge in [0.2, 0.25) is 0 Å². The van der Waals surface area contributed by atoms with Crippen LogP contribution in [0.2, 0.25) is 0 Å². The molecule has 1 aliphatic carbocycles. The minimum atomic E-state index is -3.68. The summed E-state index contributed by atoms with van der Waals surface area (Å²) in [5, 5.41) is 11.5. The van der Waals surface area contributed by atoms with E-state index in [-0.39, 0.29) is 4.90 Å². The fourth-order valence-corrected chi connectivity index (χ4v) is 4.97. The number of rotatable bonds is 5. The molecule has 1 saturated carbocycles. The van der Waals surface area contributed by atoms with Crippen LogP contribution in [0.15, 0.2) is 47.4 Å². The maximum absolute atomic E-state index is 12.9. The van der Waals surface area contributed by atoms with E-state index in [0.29, 0.717) is 17.4 Å². The van der Waals surface area contributed by atoms with Crippen LogP contribution < -0.4 is 4.72 Å². The normalized spacial score (nSPS) is 15.4. The Balaban J connectivity index is 1.56. The first-order valence-corrected chi connectivity index (χ1v) is 11.4. The second-order valence-electron chi connectivity index (χ2n) is 7.65. The van der Waals surface area contributed by atoms with Crippen molar-refractivity contribution in [3.63, 3.8) is 0 Å². The van der Waals surface area contributed by atoms with Gasteiger partial charge in [-0.3, -0.25) is 4.72 Å². The van der Waals surface area contributed by atoms with E-state index in [4.69, 9.17) is 0 Å². The van der Waals surface area contributed by atoms with E-state index in [0.717, 1.165) is 11.3 Å². The lowest BCUT2D eigenvalue weighted by atomic mass is 9.84. The quantitative estimate of drug-likeness (QED) is 0.682. The highest BCUT2D eigenvalue weighted by Gasteiger charge is 2.19. The van der Waals surface area contributed by atoms with Crippen LogP contribution in [0.4, 0.5) is 5.69 Å². The van der Waals surface area contributed by atoms with Crippen molar-refractivity contribution in [2.24, 2.45) is 0 Å². The number of nitrogens with one attached hydrogen (secondary N) is 1. The Bertz CT molecular complexity index is 1100. The van der Waals surface area contributed by atoms with Gasteiger partial charge in [0, 0.05) is 0 Å². The van der Waals surface area contributed by atoms with Crippen LogP contribution in [0.25, 0.3) is 5.69 Å². The summed E-state index contributed by atoms with van der Waals surface area (Å²) >= 11 is 0. The summed E-state index contributed by atoms with van der Waals surface area (Å²) in [7, 11) is -3.68. The van der Waals surface area contributed by atoms with Gasteiger partial charge in [0.25, 0.3) is 10.0 Å². The molecule has 0 bridgehead atoms. The van der Waals surface area contributed by atoms with E-state index in [9.17, 15) is 8.42 Å². The number of sulfonamides is 1. The van der Waals surface area contributed by atoms with Crippen molar-refractivity contribution >= 4 is 15.7 Å². The molecule has 1 aliphatic rings. The molecule has 3 aromatic rings. The maximum atomic E-state index is 12.9. The summed E-state index contributed by atoms with van der Waals surface area (Å²) in [5.41, 5.74) is 3.38. The molecular weight excluding hydrogens is 386 g/mol. The van der Waals surface area contributed by atoms with Gasteiger partial charge in [0.15, 0.2) is 5.82 Å². The van der Waals surface area contributed by atoms with E-state index in [1.165, 1.54) is 37.7 Å². The molecule has 1 N–H and O–H groups in total. The second kappa shape index (κ2) is 7.94. The van der Waals surface area contributed by atoms with Crippen LogP contribution in [0.1, 0.15) is 55.0 Å². The predicted molar refractivity (Wildman–Crippen MR) is 112 cm³/mol. The Morgan fingerprint density at radius 2 is 1.72 bits per heavy atom. The van der Waals surface area contributed by atoms with E-state index in [1.54, 1.807) is 35.9 Å². The summed E-state index contributed by atoms with van der Waals surface area (Å²) < 4.78 is 30.0. The van der Waals surface area contributed by atoms with Gasteiger partial charge < -0.3 is 0 Å². The fraction of sp³-hybridized carbons (Fsp3) is 0.381. The molecule has 0 spiro atoms. The summed E-state index contributed by atoms with van der Waals surface area (Å²) in [6, 6.07) is 12.6. The van der Waals surface area contributed by atoms with Crippen LogP contribution in [-0.2, 0) is 10.0 Å². The molecule has 7 nitrogen and oxygen atoms in total. The molecule has 8 heteroatoms. The molecule has 0 radical (unpaired) electrons. The molecular formula is C21H25N5O2S. The SMILES string of the molecule is Cc1ccc(NS(=O)(=O)c2ccc(C3CCCCC3)cc2)cc1-n1nnnc1C. The number of tetrazole rings is 1. The molecule has 1 fully saturated rings. The van der Waals surface area contributed by atoms with Gasteiger partial charge in [0.1, 0.15) is 0 Å². The van der Waals surface area contributed by atoms with Gasteiger partial charge >= 0.3 is 0 Å². The molecule has 1 heterocycles. The lowest BCUT2D eigenvalue weighted by Crippen LogP contribution is -2.14. The molecule has 2 aromatic carbocycles. The first kappa shape index (κ1) is 19.6. The van der Waals surface area contributed by atoms with Crippen LogP contribution in [0.5, 0.6) is 0 Å². The van der Waals surface area contributed by atoms with Crippen molar-refractivity contribution in [3.8, 4) is 5.69 Å². The zero-order chi connectivity index (χ0) is 20.4. The number of hydrogen-bond acceptors (Lipinski definition) is 5. The molecule has 0 unspecified atom stereocenters. The van der Waals surface area contributed by atoms with Crippen LogP contribution in [0, 0.1) is 13.8 Å². The molecule has 0 aliphatic heterocycles. The van der Waals surface area contributed by atoms with Gasteiger partial charge in [0.05, 0.1) is 16.3 Å². The number of hydrogen-bond donors (Lipinski definition) is 1. The second-order valence-corrected chi connectivity index (χ2v) is 9.33. The van der Waals surface area contributed by atoms with Gasteiger partial charge in [-0.2, -0.15) is 4.68 Å². The molecule has 1 aromatic heterocycles. The Morgan fingerprint density at radius 1 is 1.00 bits per heavy atom. The van der Waals surface area contributed by atoms with Gasteiger partial charge in [-0.15, -0.1) is 5.10 Å². The minimum absolute atomic E-state index is 0.262. The number of anilines is 1. The third-order valence-corrected chi connectivity index (χ3v) is 6.98. The van der Waals surface area contributed by atoms with Crippen molar-refractivity contribution in [3.05, 3.63) is 59.4 Å². The zero-order valence-corrected chi connectivity index (χ0v) is 17.5. The van der Waals surface area contributed by atoms with Crippen LogP contribution in [-0.4, -0.2) is 28.6 Å². The standard InChI is InChI=1S/C21H25N5O2S/c1-15-8-11-19(14-21(15)26-16(2)22-24-25-26)23-29(27,28)20-12-9-18(10-13-20)17-6-4-3-5-7-17/h8-14,17,23H,3-7H2,1-2H3. The molecule has 0 atom stereocenters. The average Bonchev–Trinajstić information content (AvgIpc) is 3.16. The van der Waals surface area contributed by atoms with E-state index in [2.05, 4.69) is 20.2 Å². The number of aromatic nitrogens is 4. The number of aryl methyl sites for hydroxylation is 2. The van der Waals surface area contributed by atoms with Crippen molar-refractivity contribution in [2.75, 3.05) is 4.72 Å². The summed E-state index contributed by atoms with van der Waals surface area (Å²) in [5.74, 6) is 1.18. The molecule has 29 heavy (non-hydrogen) atoms.